The third-order valence-corrected chi connectivity index (χ3v) is 1.34. The Kier molecular flexibility index (Phi) is 4.59. The molecule has 0 aromatic rings. The minimum atomic E-state index is 0.443. The zero-order valence-corrected chi connectivity index (χ0v) is 7.89. The van der Waals surface area contributed by atoms with Crippen LogP contribution >= 0.6 is 0 Å². The van der Waals surface area contributed by atoms with Gasteiger partial charge in [-0.05, 0) is 26.5 Å². The average Bonchev–Trinajstić information content (AvgIpc) is 1.87. The summed E-state index contributed by atoms with van der Waals surface area (Å²) in [4.78, 5) is 3.91. The molecule has 0 radical (unpaired) electrons. The highest BCUT2D eigenvalue weighted by Gasteiger charge is 1.98. The molecule has 2 nitrogen and oxygen atoms in total. The smallest absolute Gasteiger partial charge is 0.0578 e. The molecule has 0 unspecified atom stereocenters. The van der Waals surface area contributed by atoms with Crippen molar-refractivity contribution in [3.8, 4) is 0 Å². The molecule has 0 aliphatic heterocycles. The zero-order chi connectivity index (χ0) is 8.85. The van der Waals surface area contributed by atoms with Gasteiger partial charge in [0.25, 0.3) is 0 Å². The molecule has 0 atom stereocenters. The van der Waals surface area contributed by atoms with E-state index in [1.54, 1.807) is 0 Å². The Balaban J connectivity index is 4.01. The molecule has 0 aromatic heterocycles. The van der Waals surface area contributed by atoms with Gasteiger partial charge in [0.05, 0.1) is 5.70 Å². The Morgan fingerprint density at radius 3 is 2.18 bits per heavy atom. The van der Waals surface area contributed by atoms with Crippen LogP contribution in [0.5, 0.6) is 0 Å². The Hall–Kier alpha value is -0.790. The maximum atomic E-state index is 3.91. The lowest BCUT2D eigenvalue weighted by atomic mass is 10.1. The molecular formula is C9H18N2. The molecule has 0 saturated carbocycles. The second-order valence-corrected chi connectivity index (χ2v) is 3.20. The maximum Gasteiger partial charge on any atom is 0.0578 e. The van der Waals surface area contributed by atoms with Crippen LogP contribution in [0.4, 0.5) is 0 Å². The van der Waals surface area contributed by atoms with Crippen LogP contribution in [0.25, 0.3) is 0 Å². The second-order valence-electron chi connectivity index (χ2n) is 3.20. The Labute approximate surface area is 69.4 Å². The molecule has 0 spiro atoms. The van der Waals surface area contributed by atoms with Gasteiger partial charge in [0.15, 0.2) is 0 Å². The normalized spacial score (nSPS) is 12.4. The molecule has 11 heavy (non-hydrogen) atoms. The third-order valence-electron chi connectivity index (χ3n) is 1.34. The first-order valence-electron chi connectivity index (χ1n) is 4.00. The van der Waals surface area contributed by atoms with Gasteiger partial charge in [-0.25, -0.2) is 0 Å². The molecule has 0 saturated heterocycles. The van der Waals surface area contributed by atoms with Gasteiger partial charge in [-0.15, -0.1) is 0 Å². The maximum absolute atomic E-state index is 3.91. The van der Waals surface area contributed by atoms with E-state index in [4.69, 9.17) is 0 Å². The van der Waals surface area contributed by atoms with Gasteiger partial charge in [0, 0.05) is 12.2 Å². The standard InChI is InChI=1S/C9H18N2/c1-7(2)9(10-5)6-11-8(3)4/h6-8,11H,5H2,1-4H3/b9-6-. The first kappa shape index (κ1) is 10.2. The fourth-order valence-electron chi connectivity index (χ4n) is 0.647. The predicted molar refractivity (Wildman–Crippen MR) is 50.7 cm³/mol. The lowest BCUT2D eigenvalue weighted by Crippen LogP contribution is -2.16. The summed E-state index contributed by atoms with van der Waals surface area (Å²) >= 11 is 0. The van der Waals surface area contributed by atoms with Crippen LogP contribution in [-0.4, -0.2) is 12.8 Å². The summed E-state index contributed by atoms with van der Waals surface area (Å²) in [7, 11) is 0. The van der Waals surface area contributed by atoms with Crippen LogP contribution in [0.2, 0.25) is 0 Å². The molecule has 0 heterocycles. The minimum absolute atomic E-state index is 0.443. The fraction of sp³-hybridized carbons (Fsp3) is 0.667. The average molecular weight is 154 g/mol. The van der Waals surface area contributed by atoms with Crippen molar-refractivity contribution in [3.63, 3.8) is 0 Å². The predicted octanol–water partition coefficient (Wildman–Crippen LogP) is 2.18. The van der Waals surface area contributed by atoms with Crippen LogP contribution in [0, 0.1) is 5.92 Å². The highest BCUT2D eigenvalue weighted by Crippen LogP contribution is 2.08. The highest BCUT2D eigenvalue weighted by molar-refractivity contribution is 5.29. The van der Waals surface area contributed by atoms with E-state index in [-0.39, 0.29) is 0 Å². The van der Waals surface area contributed by atoms with Gasteiger partial charge in [0.2, 0.25) is 0 Å². The highest BCUT2D eigenvalue weighted by atomic mass is 14.9. The van der Waals surface area contributed by atoms with Crippen molar-refractivity contribution in [1.29, 1.82) is 0 Å². The van der Waals surface area contributed by atoms with Gasteiger partial charge in [0.1, 0.15) is 0 Å². The molecule has 0 aromatic carbocycles. The summed E-state index contributed by atoms with van der Waals surface area (Å²) < 4.78 is 0. The number of nitrogens with one attached hydrogen (secondary N) is 1. The SMILES string of the molecule is C=N/C(=C\NC(C)C)C(C)C. The molecule has 2 heteroatoms. The molecule has 0 aliphatic carbocycles. The number of rotatable bonds is 4. The molecular weight excluding hydrogens is 136 g/mol. The van der Waals surface area contributed by atoms with E-state index < -0.39 is 0 Å². The van der Waals surface area contributed by atoms with Crippen molar-refractivity contribution in [3.05, 3.63) is 11.9 Å². The second kappa shape index (κ2) is 4.94. The lowest BCUT2D eigenvalue weighted by molar-refractivity contribution is 0.674. The van der Waals surface area contributed by atoms with Gasteiger partial charge >= 0.3 is 0 Å². The van der Waals surface area contributed by atoms with E-state index >= 15 is 0 Å². The van der Waals surface area contributed by atoms with Crippen molar-refractivity contribution >= 4 is 6.72 Å². The topological polar surface area (TPSA) is 24.4 Å². The summed E-state index contributed by atoms with van der Waals surface area (Å²) in [5.74, 6) is 0.443. The van der Waals surface area contributed by atoms with Gasteiger partial charge in [-0.1, -0.05) is 13.8 Å². The van der Waals surface area contributed by atoms with E-state index in [1.165, 1.54) is 0 Å². The number of aliphatic imine (C=N–C) groups is 1. The van der Waals surface area contributed by atoms with Crippen molar-refractivity contribution in [1.82, 2.24) is 5.32 Å². The molecule has 0 aliphatic rings. The van der Waals surface area contributed by atoms with E-state index in [0.717, 1.165) is 5.70 Å². The summed E-state index contributed by atoms with van der Waals surface area (Å²) in [6.07, 6.45) is 1.93. The lowest BCUT2D eigenvalue weighted by Gasteiger charge is -2.08. The van der Waals surface area contributed by atoms with E-state index in [0.29, 0.717) is 12.0 Å². The molecule has 1 N–H and O–H groups in total. The van der Waals surface area contributed by atoms with E-state index in [1.807, 2.05) is 6.20 Å². The van der Waals surface area contributed by atoms with Crippen LogP contribution < -0.4 is 5.32 Å². The summed E-state index contributed by atoms with van der Waals surface area (Å²) in [5, 5.41) is 3.18. The van der Waals surface area contributed by atoms with Crippen LogP contribution in [-0.2, 0) is 0 Å². The fourth-order valence-corrected chi connectivity index (χ4v) is 0.647. The summed E-state index contributed by atoms with van der Waals surface area (Å²) in [6.45, 7) is 11.9. The number of hydrogen-bond donors (Lipinski definition) is 1. The van der Waals surface area contributed by atoms with Gasteiger partial charge < -0.3 is 5.32 Å². The molecule has 0 fully saturated rings. The largest absolute Gasteiger partial charge is 0.387 e. The van der Waals surface area contributed by atoms with E-state index in [9.17, 15) is 0 Å². The molecule has 0 amide bonds. The van der Waals surface area contributed by atoms with Gasteiger partial charge in [-0.3, -0.25) is 4.99 Å². The zero-order valence-electron chi connectivity index (χ0n) is 7.89. The Morgan fingerprint density at radius 2 is 1.91 bits per heavy atom. The van der Waals surface area contributed by atoms with Gasteiger partial charge in [-0.2, -0.15) is 0 Å². The molecule has 0 rings (SSSR count). The first-order chi connectivity index (χ1) is 5.07. The Morgan fingerprint density at radius 1 is 1.36 bits per heavy atom. The third kappa shape index (κ3) is 4.59. The van der Waals surface area contributed by atoms with Crippen molar-refractivity contribution in [2.45, 2.75) is 33.7 Å². The van der Waals surface area contributed by atoms with Crippen molar-refractivity contribution in [2.75, 3.05) is 0 Å². The minimum Gasteiger partial charge on any atom is -0.387 e. The van der Waals surface area contributed by atoms with Crippen molar-refractivity contribution < 1.29 is 0 Å². The van der Waals surface area contributed by atoms with Crippen molar-refractivity contribution in [2.24, 2.45) is 10.9 Å². The molecule has 0 bridgehead atoms. The van der Waals surface area contributed by atoms with Crippen LogP contribution in [0.3, 0.4) is 0 Å². The van der Waals surface area contributed by atoms with Crippen LogP contribution in [0.1, 0.15) is 27.7 Å². The first-order valence-corrected chi connectivity index (χ1v) is 4.00. The quantitative estimate of drug-likeness (QED) is 0.617. The van der Waals surface area contributed by atoms with Crippen LogP contribution in [0.15, 0.2) is 16.9 Å². The van der Waals surface area contributed by atoms with E-state index in [2.05, 4.69) is 44.7 Å². The summed E-state index contributed by atoms with van der Waals surface area (Å²) in [6, 6.07) is 0.463. The number of hydrogen-bond acceptors (Lipinski definition) is 2. The molecule has 64 valence electrons. The monoisotopic (exact) mass is 154 g/mol. The summed E-state index contributed by atoms with van der Waals surface area (Å²) in [5.41, 5.74) is 1.01. The Bertz CT molecular complexity index is 146. The number of nitrogens with zero attached hydrogens (tertiary/aromatic N) is 1. The number of allylic oxidation sites excluding steroid dienone is 1.